The van der Waals surface area contributed by atoms with Gasteiger partial charge in [-0.05, 0) is 23.0 Å². The van der Waals surface area contributed by atoms with Gasteiger partial charge in [-0.15, -0.1) is 11.6 Å². The van der Waals surface area contributed by atoms with Crippen molar-refractivity contribution in [3.8, 4) is 0 Å². The summed E-state index contributed by atoms with van der Waals surface area (Å²) in [7, 11) is 0. The third-order valence-corrected chi connectivity index (χ3v) is 3.88. The maximum absolute atomic E-state index is 5.90. The van der Waals surface area contributed by atoms with Crippen molar-refractivity contribution in [2.45, 2.75) is 38.0 Å². The number of rotatable bonds is 3. The van der Waals surface area contributed by atoms with Gasteiger partial charge in [0.2, 0.25) is 0 Å². The van der Waals surface area contributed by atoms with Gasteiger partial charge in [0.25, 0.3) is 0 Å². The highest BCUT2D eigenvalue weighted by atomic mass is 35.5. The van der Waals surface area contributed by atoms with E-state index >= 15 is 0 Å². The Balaban J connectivity index is 2.23. The molecule has 0 bridgehead atoms. The zero-order valence-corrected chi connectivity index (χ0v) is 11.7. The van der Waals surface area contributed by atoms with Crippen LogP contribution in [-0.2, 0) is 15.6 Å². The van der Waals surface area contributed by atoms with E-state index in [0.29, 0.717) is 5.88 Å². The fourth-order valence-corrected chi connectivity index (χ4v) is 2.67. The van der Waals surface area contributed by atoms with Gasteiger partial charge in [0.05, 0.1) is 13.2 Å². The van der Waals surface area contributed by atoms with Crippen LogP contribution in [0.3, 0.4) is 0 Å². The normalized spacial score (nSPS) is 18.8. The number of hydrogen-bond donors (Lipinski definition) is 0. The van der Waals surface area contributed by atoms with Crippen LogP contribution < -0.4 is 0 Å². The number of hydrogen-bond acceptors (Lipinski definition) is 1. The monoisotopic (exact) mass is 252 g/mol. The molecule has 0 atom stereocenters. The van der Waals surface area contributed by atoms with Crippen molar-refractivity contribution >= 4 is 11.6 Å². The van der Waals surface area contributed by atoms with Crippen LogP contribution in [0.25, 0.3) is 0 Å². The molecule has 1 aromatic carbocycles. The van der Waals surface area contributed by atoms with E-state index < -0.39 is 0 Å². The van der Waals surface area contributed by atoms with E-state index in [2.05, 4.69) is 45.0 Å². The molecule has 0 radical (unpaired) electrons. The van der Waals surface area contributed by atoms with E-state index in [0.717, 1.165) is 19.6 Å². The van der Waals surface area contributed by atoms with Crippen molar-refractivity contribution in [1.29, 1.82) is 0 Å². The molecule has 0 N–H and O–H groups in total. The molecule has 0 spiro atoms. The molecule has 1 fully saturated rings. The van der Waals surface area contributed by atoms with Crippen LogP contribution in [-0.4, -0.2) is 19.1 Å². The summed E-state index contributed by atoms with van der Waals surface area (Å²) in [5.41, 5.74) is 3.15. The van der Waals surface area contributed by atoms with Crippen LogP contribution in [0.15, 0.2) is 24.3 Å². The highest BCUT2D eigenvalue weighted by Crippen LogP contribution is 2.37. The summed E-state index contributed by atoms with van der Waals surface area (Å²) in [6.07, 6.45) is 1.00. The molecule has 1 nitrogen and oxygen atoms in total. The first-order valence-corrected chi connectivity index (χ1v) is 6.76. The smallest absolute Gasteiger partial charge is 0.0586 e. The average molecular weight is 253 g/mol. The zero-order valence-electron chi connectivity index (χ0n) is 10.9. The highest BCUT2D eigenvalue weighted by Gasteiger charge is 2.39. The van der Waals surface area contributed by atoms with Gasteiger partial charge in [-0.3, -0.25) is 0 Å². The summed E-state index contributed by atoms with van der Waals surface area (Å²) in [4.78, 5) is 0. The first kappa shape index (κ1) is 12.9. The Labute approximate surface area is 109 Å². The van der Waals surface area contributed by atoms with E-state index in [-0.39, 0.29) is 10.8 Å². The third-order valence-electron chi connectivity index (χ3n) is 3.69. The van der Waals surface area contributed by atoms with Crippen molar-refractivity contribution in [3.63, 3.8) is 0 Å². The molecule has 1 aliphatic rings. The minimum absolute atomic E-state index is 0.179. The van der Waals surface area contributed by atoms with Crippen molar-refractivity contribution < 1.29 is 4.74 Å². The lowest BCUT2D eigenvalue weighted by Gasteiger charge is -2.42. The van der Waals surface area contributed by atoms with Crippen LogP contribution in [0.2, 0.25) is 0 Å². The maximum Gasteiger partial charge on any atom is 0.0586 e. The lowest BCUT2D eigenvalue weighted by molar-refractivity contribution is -0.0615. The molecule has 17 heavy (non-hydrogen) atoms. The number of benzene rings is 1. The van der Waals surface area contributed by atoms with Crippen molar-refractivity contribution in [2.24, 2.45) is 0 Å². The van der Waals surface area contributed by atoms with E-state index in [1.54, 1.807) is 0 Å². The van der Waals surface area contributed by atoms with E-state index in [1.165, 1.54) is 11.1 Å². The molecule has 2 rings (SSSR count). The zero-order chi connectivity index (χ0) is 12.5. The molecule has 0 aliphatic carbocycles. The topological polar surface area (TPSA) is 9.23 Å². The van der Waals surface area contributed by atoms with Crippen molar-refractivity contribution in [2.75, 3.05) is 19.1 Å². The van der Waals surface area contributed by atoms with Crippen molar-refractivity contribution in [3.05, 3.63) is 35.4 Å². The molecule has 1 saturated heterocycles. The van der Waals surface area contributed by atoms with Gasteiger partial charge in [-0.1, -0.05) is 45.0 Å². The quantitative estimate of drug-likeness (QED) is 0.742. The molecule has 0 amide bonds. The highest BCUT2D eigenvalue weighted by molar-refractivity contribution is 6.17. The molecular weight excluding hydrogens is 232 g/mol. The molecule has 0 saturated carbocycles. The Bertz CT molecular complexity index is 371. The van der Waals surface area contributed by atoms with E-state index in [9.17, 15) is 0 Å². The molecule has 2 heteroatoms. The van der Waals surface area contributed by atoms with Gasteiger partial charge in [0.15, 0.2) is 0 Å². The molecule has 1 aliphatic heterocycles. The summed E-state index contributed by atoms with van der Waals surface area (Å²) in [5.74, 6) is 0.699. The predicted molar refractivity (Wildman–Crippen MR) is 73.0 cm³/mol. The fraction of sp³-hybridized carbons (Fsp3) is 0.600. The van der Waals surface area contributed by atoms with Crippen LogP contribution in [0.1, 0.15) is 38.3 Å². The summed E-state index contributed by atoms with van der Waals surface area (Å²) in [5, 5.41) is 0. The molecule has 1 aromatic rings. The van der Waals surface area contributed by atoms with E-state index in [1.807, 2.05) is 0 Å². The van der Waals surface area contributed by atoms with Crippen LogP contribution >= 0.6 is 11.6 Å². The second-order valence-electron chi connectivity index (χ2n) is 6.04. The van der Waals surface area contributed by atoms with Gasteiger partial charge in [0.1, 0.15) is 0 Å². The Morgan fingerprint density at radius 1 is 1.18 bits per heavy atom. The summed E-state index contributed by atoms with van der Waals surface area (Å²) < 4.78 is 5.38. The minimum Gasteiger partial charge on any atom is -0.379 e. The molecule has 1 heterocycles. The van der Waals surface area contributed by atoms with Gasteiger partial charge in [-0.25, -0.2) is 0 Å². The Morgan fingerprint density at radius 2 is 1.76 bits per heavy atom. The van der Waals surface area contributed by atoms with Crippen molar-refractivity contribution in [1.82, 2.24) is 0 Å². The first-order chi connectivity index (χ1) is 7.98. The van der Waals surface area contributed by atoms with Crippen LogP contribution in [0, 0.1) is 0 Å². The standard InChI is InChI=1S/C15H21ClO/c1-14(2,3)12-4-6-13(7-5-12)15(8-9-16)10-17-11-15/h4-7H,8-11H2,1-3H3. The third kappa shape index (κ3) is 2.51. The van der Waals surface area contributed by atoms with Gasteiger partial charge in [0, 0.05) is 11.3 Å². The number of halogens is 1. The van der Waals surface area contributed by atoms with Gasteiger partial charge in [-0.2, -0.15) is 0 Å². The van der Waals surface area contributed by atoms with E-state index in [4.69, 9.17) is 16.3 Å². The average Bonchev–Trinajstić information content (AvgIpc) is 2.22. The SMILES string of the molecule is CC(C)(C)c1ccc(C2(CCCl)COC2)cc1. The Morgan fingerprint density at radius 3 is 2.12 bits per heavy atom. The minimum atomic E-state index is 0.179. The lowest BCUT2D eigenvalue weighted by Crippen LogP contribution is -2.47. The Hall–Kier alpha value is -0.530. The number of ether oxygens (including phenoxy) is 1. The predicted octanol–water partition coefficient (Wildman–Crippen LogP) is 3.88. The molecular formula is C15H21ClO. The molecule has 0 unspecified atom stereocenters. The second kappa shape index (κ2) is 4.62. The lowest BCUT2D eigenvalue weighted by atomic mass is 9.75. The largest absolute Gasteiger partial charge is 0.379 e. The van der Waals surface area contributed by atoms with Crippen LogP contribution in [0.4, 0.5) is 0 Å². The summed E-state index contributed by atoms with van der Waals surface area (Å²) >= 11 is 5.90. The first-order valence-electron chi connectivity index (χ1n) is 6.23. The molecule has 0 aromatic heterocycles. The van der Waals surface area contributed by atoms with Crippen LogP contribution in [0.5, 0.6) is 0 Å². The maximum atomic E-state index is 5.90. The number of alkyl halides is 1. The van der Waals surface area contributed by atoms with Gasteiger partial charge < -0.3 is 4.74 Å². The molecule has 94 valence electrons. The summed E-state index contributed by atoms with van der Waals surface area (Å²) in [6.45, 7) is 8.35. The Kier molecular flexibility index (Phi) is 3.51. The van der Waals surface area contributed by atoms with Gasteiger partial charge >= 0.3 is 0 Å². The second-order valence-corrected chi connectivity index (χ2v) is 6.42. The fourth-order valence-electron chi connectivity index (χ4n) is 2.31. The summed E-state index contributed by atoms with van der Waals surface area (Å²) in [6, 6.07) is 8.97.